The summed E-state index contributed by atoms with van der Waals surface area (Å²) < 4.78 is 17.1. The van der Waals surface area contributed by atoms with E-state index in [1.54, 1.807) is 6.07 Å². The van der Waals surface area contributed by atoms with E-state index in [0.717, 1.165) is 30.3 Å². The van der Waals surface area contributed by atoms with Gasteiger partial charge in [0.25, 0.3) is 0 Å². The first-order valence-electron chi connectivity index (χ1n) is 9.46. The summed E-state index contributed by atoms with van der Waals surface area (Å²) in [5, 5.41) is 2.80. The lowest BCUT2D eigenvalue weighted by Crippen LogP contribution is -2.40. The molecular weight excluding hydrogens is 333 g/mol. The van der Waals surface area contributed by atoms with Crippen LogP contribution in [0.1, 0.15) is 52.9 Å². The number of hydrogen-bond donors (Lipinski definition) is 1. The number of nitrogens with one attached hydrogen (secondary N) is 1. The van der Waals surface area contributed by atoms with Gasteiger partial charge in [0, 0.05) is 13.1 Å². The third-order valence-corrected chi connectivity index (χ3v) is 5.04. The maximum atomic E-state index is 14.5. The van der Waals surface area contributed by atoms with Crippen molar-refractivity contribution in [2.24, 2.45) is 11.3 Å². The van der Waals surface area contributed by atoms with E-state index in [1.165, 1.54) is 23.1 Å². The molecule has 1 fully saturated rings. The molecule has 5 nitrogen and oxygen atoms in total. The lowest BCUT2D eigenvalue weighted by Gasteiger charge is -2.21. The Morgan fingerprint density at radius 3 is 2.58 bits per heavy atom. The van der Waals surface area contributed by atoms with Crippen LogP contribution in [0, 0.1) is 17.2 Å². The Balaban J connectivity index is 2.01. The molecule has 1 aliphatic rings. The summed E-state index contributed by atoms with van der Waals surface area (Å²) in [7, 11) is 0. The Hall–Kier alpha value is -2.11. The molecule has 142 valence electrons. The van der Waals surface area contributed by atoms with Crippen LogP contribution in [-0.2, 0) is 6.54 Å². The van der Waals surface area contributed by atoms with Crippen molar-refractivity contribution in [1.82, 2.24) is 14.5 Å². The number of nitrogens with zero attached hydrogens (tertiary/aromatic N) is 2. The monoisotopic (exact) mass is 361 g/mol. The van der Waals surface area contributed by atoms with Crippen LogP contribution in [-0.4, -0.2) is 21.7 Å². The number of halogens is 1. The van der Waals surface area contributed by atoms with E-state index < -0.39 is 17.5 Å². The number of imidazole rings is 1. The molecule has 1 N–H and O–H groups in total. The van der Waals surface area contributed by atoms with Gasteiger partial charge < -0.3 is 5.32 Å². The number of carbonyl (C=O) groups is 1. The summed E-state index contributed by atoms with van der Waals surface area (Å²) in [4.78, 5) is 25.6. The van der Waals surface area contributed by atoms with Crippen LogP contribution >= 0.6 is 0 Å². The van der Waals surface area contributed by atoms with Gasteiger partial charge in [0.2, 0.25) is 0 Å². The van der Waals surface area contributed by atoms with E-state index in [1.807, 2.05) is 20.8 Å². The number of amides is 1. The largest absolute Gasteiger partial charge is 0.337 e. The minimum Gasteiger partial charge on any atom is -0.337 e. The van der Waals surface area contributed by atoms with Gasteiger partial charge in [-0.1, -0.05) is 46.1 Å². The summed E-state index contributed by atoms with van der Waals surface area (Å²) in [5.74, 6) is -0.101. The minimum atomic E-state index is -0.497. The normalized spacial score (nSPS) is 16.2. The van der Waals surface area contributed by atoms with Crippen LogP contribution < -0.4 is 11.0 Å². The van der Waals surface area contributed by atoms with Crippen molar-refractivity contribution in [3.8, 4) is 0 Å². The van der Waals surface area contributed by atoms with Gasteiger partial charge in [0.05, 0.1) is 5.52 Å². The molecular formula is C20H28FN3O2. The lowest BCUT2D eigenvalue weighted by atomic mass is 9.89. The quantitative estimate of drug-likeness (QED) is 0.894. The number of benzene rings is 1. The summed E-state index contributed by atoms with van der Waals surface area (Å²) in [6.45, 7) is 6.91. The van der Waals surface area contributed by atoms with Gasteiger partial charge in [0.15, 0.2) is 0 Å². The first kappa shape index (κ1) is 18.7. The zero-order chi connectivity index (χ0) is 18.9. The van der Waals surface area contributed by atoms with E-state index >= 15 is 0 Å². The summed E-state index contributed by atoms with van der Waals surface area (Å²) in [5.41, 5.74) is -0.00127. The molecule has 0 radical (unpaired) electrons. The van der Waals surface area contributed by atoms with Gasteiger partial charge >= 0.3 is 11.7 Å². The molecule has 0 bridgehead atoms. The molecule has 0 atom stereocenters. The predicted molar refractivity (Wildman–Crippen MR) is 101 cm³/mol. The molecule has 1 aromatic heterocycles. The number of hydrogen-bond acceptors (Lipinski definition) is 2. The molecule has 3 rings (SSSR count). The van der Waals surface area contributed by atoms with Crippen LogP contribution in [0.2, 0.25) is 0 Å². The topological polar surface area (TPSA) is 56.0 Å². The Kier molecular flexibility index (Phi) is 5.21. The second-order valence-electron chi connectivity index (χ2n) is 8.56. The van der Waals surface area contributed by atoms with Crippen molar-refractivity contribution in [2.45, 2.75) is 59.4 Å². The van der Waals surface area contributed by atoms with E-state index in [2.05, 4.69) is 5.32 Å². The van der Waals surface area contributed by atoms with E-state index in [4.69, 9.17) is 0 Å². The molecule has 1 aliphatic carbocycles. The van der Waals surface area contributed by atoms with Crippen LogP contribution in [0.25, 0.3) is 11.0 Å². The fourth-order valence-electron chi connectivity index (χ4n) is 3.68. The van der Waals surface area contributed by atoms with Gasteiger partial charge in [-0.25, -0.2) is 18.5 Å². The molecule has 1 heterocycles. The van der Waals surface area contributed by atoms with Crippen LogP contribution in [0.5, 0.6) is 0 Å². The molecule has 26 heavy (non-hydrogen) atoms. The SMILES string of the molecule is CC(C)(C)CNC(=O)n1c(=O)n(CC2CCCCC2)c2c(F)cccc21. The zero-order valence-corrected chi connectivity index (χ0v) is 15.8. The Morgan fingerprint density at radius 2 is 1.92 bits per heavy atom. The molecule has 1 amide bonds. The van der Waals surface area contributed by atoms with Crippen LogP contribution in [0.4, 0.5) is 9.18 Å². The molecule has 1 aromatic carbocycles. The average Bonchev–Trinajstić information content (AvgIpc) is 2.86. The minimum absolute atomic E-state index is 0.106. The van der Waals surface area contributed by atoms with Crippen molar-refractivity contribution >= 4 is 17.1 Å². The maximum absolute atomic E-state index is 14.5. The van der Waals surface area contributed by atoms with Crippen molar-refractivity contribution in [1.29, 1.82) is 0 Å². The van der Waals surface area contributed by atoms with Gasteiger partial charge in [0.1, 0.15) is 11.3 Å². The molecule has 0 aliphatic heterocycles. The Bertz CT molecular complexity index is 854. The first-order chi connectivity index (χ1) is 12.3. The molecule has 0 spiro atoms. The van der Waals surface area contributed by atoms with Crippen molar-refractivity contribution in [3.05, 3.63) is 34.5 Å². The standard InChI is InChI=1S/C20H28FN3O2/c1-20(2,3)13-22-18(25)24-16-11-7-10-15(21)17(16)23(19(24)26)12-14-8-5-4-6-9-14/h7,10-11,14H,4-6,8-9,12-13H2,1-3H3,(H,22,25). The zero-order valence-electron chi connectivity index (χ0n) is 15.8. The molecule has 1 saturated carbocycles. The Morgan fingerprint density at radius 1 is 1.23 bits per heavy atom. The lowest BCUT2D eigenvalue weighted by molar-refractivity contribution is 0.236. The van der Waals surface area contributed by atoms with Crippen molar-refractivity contribution in [3.63, 3.8) is 0 Å². The van der Waals surface area contributed by atoms with Gasteiger partial charge in [-0.15, -0.1) is 0 Å². The smallest absolute Gasteiger partial charge is 0.337 e. The first-order valence-corrected chi connectivity index (χ1v) is 9.46. The summed E-state index contributed by atoms with van der Waals surface area (Å²) >= 11 is 0. The van der Waals surface area contributed by atoms with E-state index in [-0.39, 0.29) is 10.9 Å². The van der Waals surface area contributed by atoms with E-state index in [9.17, 15) is 14.0 Å². The Labute approximate surface area is 153 Å². The van der Waals surface area contributed by atoms with Crippen molar-refractivity contribution < 1.29 is 9.18 Å². The number of fused-ring (bicyclic) bond motifs is 1. The number of carbonyl (C=O) groups excluding carboxylic acids is 1. The maximum Gasteiger partial charge on any atom is 0.337 e. The second kappa shape index (κ2) is 7.25. The fourth-order valence-corrected chi connectivity index (χ4v) is 3.68. The van der Waals surface area contributed by atoms with Crippen LogP contribution in [0.15, 0.2) is 23.0 Å². The molecule has 0 unspecified atom stereocenters. The van der Waals surface area contributed by atoms with Gasteiger partial charge in [-0.05, 0) is 36.3 Å². The van der Waals surface area contributed by atoms with Gasteiger partial charge in [-0.2, -0.15) is 0 Å². The predicted octanol–water partition coefficient (Wildman–Crippen LogP) is 4.13. The van der Waals surface area contributed by atoms with E-state index in [0.29, 0.717) is 24.5 Å². The van der Waals surface area contributed by atoms with Crippen molar-refractivity contribution in [2.75, 3.05) is 6.54 Å². The second-order valence-corrected chi connectivity index (χ2v) is 8.56. The average molecular weight is 361 g/mol. The molecule has 2 aromatic rings. The molecule has 6 heteroatoms. The number of para-hydroxylation sites is 1. The molecule has 0 saturated heterocycles. The number of rotatable bonds is 3. The van der Waals surface area contributed by atoms with Crippen LogP contribution in [0.3, 0.4) is 0 Å². The fraction of sp³-hybridized carbons (Fsp3) is 0.600. The highest BCUT2D eigenvalue weighted by Crippen LogP contribution is 2.26. The third-order valence-electron chi connectivity index (χ3n) is 5.04. The third kappa shape index (κ3) is 3.84. The highest BCUT2D eigenvalue weighted by Gasteiger charge is 2.24. The summed E-state index contributed by atoms with van der Waals surface area (Å²) in [6, 6.07) is 4.02. The highest BCUT2D eigenvalue weighted by atomic mass is 19.1. The number of aromatic nitrogens is 2. The summed E-state index contributed by atoms with van der Waals surface area (Å²) in [6.07, 6.45) is 5.60. The highest BCUT2D eigenvalue weighted by molar-refractivity contribution is 5.89. The van der Waals surface area contributed by atoms with Gasteiger partial charge in [-0.3, -0.25) is 4.57 Å².